The minimum absolute atomic E-state index is 0.448. The summed E-state index contributed by atoms with van der Waals surface area (Å²) >= 11 is 0. The third kappa shape index (κ3) is 5.92. The average molecular weight is 102 g/mol. The summed E-state index contributed by atoms with van der Waals surface area (Å²) in [6.45, 7) is 6.38. The summed E-state index contributed by atoms with van der Waals surface area (Å²) in [7, 11) is 0. The van der Waals surface area contributed by atoms with Gasteiger partial charge in [-0.05, 0) is 12.3 Å². The van der Waals surface area contributed by atoms with Crippen LogP contribution in [0.5, 0.6) is 0 Å². The van der Waals surface area contributed by atoms with Gasteiger partial charge < -0.3 is 4.84 Å². The number of hydrogen-bond acceptors (Lipinski definition) is 2. The Hall–Kier alpha value is -0.0800. The van der Waals surface area contributed by atoms with Gasteiger partial charge in [-0.3, -0.25) is 0 Å². The number of nitrogens with two attached hydrogens (primary N) is 1. The van der Waals surface area contributed by atoms with Gasteiger partial charge in [0, 0.05) is 0 Å². The zero-order valence-electron chi connectivity index (χ0n) is 4.68. The summed E-state index contributed by atoms with van der Waals surface area (Å²) in [5.74, 6) is 5.20. The molecule has 0 rings (SSSR count). The van der Waals surface area contributed by atoms with E-state index in [1.807, 2.05) is 6.92 Å². The largest absolute Gasteiger partial charge is 0.305 e. The maximum Gasteiger partial charge on any atom is 0.0681 e. The number of hydrogen-bond donors (Lipinski definition) is 1. The van der Waals surface area contributed by atoms with Crippen molar-refractivity contribution in [1.82, 2.24) is 0 Å². The fourth-order valence-electron chi connectivity index (χ4n) is 0.269. The molecule has 0 aromatic rings. The van der Waals surface area contributed by atoms with E-state index in [-0.39, 0.29) is 0 Å². The highest BCUT2D eigenvalue weighted by Crippen LogP contribution is 1.95. The Morgan fingerprint density at radius 3 is 2.57 bits per heavy atom. The van der Waals surface area contributed by atoms with Gasteiger partial charge >= 0.3 is 0 Å². The van der Waals surface area contributed by atoms with E-state index in [0.717, 1.165) is 6.42 Å². The summed E-state index contributed by atoms with van der Waals surface area (Å²) in [5.41, 5.74) is 0. The van der Waals surface area contributed by atoms with E-state index >= 15 is 0 Å². The van der Waals surface area contributed by atoms with Gasteiger partial charge in [0.05, 0.1) is 6.61 Å². The molecule has 0 aliphatic carbocycles. The zero-order valence-corrected chi connectivity index (χ0v) is 4.68. The number of rotatable bonds is 3. The first-order chi connectivity index (χ1) is 3.27. The van der Waals surface area contributed by atoms with Crippen LogP contribution in [-0.4, -0.2) is 6.61 Å². The predicted molar refractivity (Wildman–Crippen MR) is 29.3 cm³/mol. The first-order valence-electron chi connectivity index (χ1n) is 2.42. The van der Waals surface area contributed by atoms with Crippen LogP contribution in [0.15, 0.2) is 0 Å². The van der Waals surface area contributed by atoms with E-state index in [4.69, 9.17) is 5.90 Å². The molecule has 0 saturated carbocycles. The standard InChI is InChI=1S/C5H12NO/c1-5(2)3-4-7-6/h5H,1,3-4,6H2,2H3. The van der Waals surface area contributed by atoms with E-state index < -0.39 is 0 Å². The second-order valence-electron chi connectivity index (χ2n) is 1.76. The molecule has 0 aliphatic heterocycles. The quantitative estimate of drug-likeness (QED) is 0.533. The molecule has 0 bridgehead atoms. The molecule has 2 nitrogen and oxygen atoms in total. The summed E-state index contributed by atoms with van der Waals surface area (Å²) in [5, 5.41) is 0. The van der Waals surface area contributed by atoms with Gasteiger partial charge in [-0.1, -0.05) is 13.8 Å². The molecule has 0 aromatic carbocycles. The molecule has 0 aliphatic rings. The first-order valence-corrected chi connectivity index (χ1v) is 2.42. The lowest BCUT2D eigenvalue weighted by molar-refractivity contribution is 0.129. The van der Waals surface area contributed by atoms with Crippen LogP contribution in [0.2, 0.25) is 0 Å². The van der Waals surface area contributed by atoms with Crippen LogP contribution in [0, 0.1) is 12.8 Å². The van der Waals surface area contributed by atoms with E-state index in [1.165, 1.54) is 0 Å². The van der Waals surface area contributed by atoms with Crippen LogP contribution in [0.25, 0.3) is 0 Å². The first kappa shape index (κ1) is 6.92. The van der Waals surface area contributed by atoms with Crippen molar-refractivity contribution in [1.29, 1.82) is 0 Å². The summed E-state index contributed by atoms with van der Waals surface area (Å²) in [6, 6.07) is 0. The molecule has 0 heterocycles. The van der Waals surface area contributed by atoms with Gasteiger partial charge in [0.15, 0.2) is 0 Å². The molecule has 1 atom stereocenters. The monoisotopic (exact) mass is 102 g/mol. The van der Waals surface area contributed by atoms with Crippen molar-refractivity contribution in [2.24, 2.45) is 11.8 Å². The molecule has 1 radical (unpaired) electrons. The summed E-state index contributed by atoms with van der Waals surface area (Å²) in [4.78, 5) is 4.31. The Labute approximate surface area is 44.6 Å². The van der Waals surface area contributed by atoms with E-state index in [9.17, 15) is 0 Å². The maximum absolute atomic E-state index is 4.75. The Morgan fingerprint density at radius 1 is 1.86 bits per heavy atom. The minimum atomic E-state index is 0.448. The van der Waals surface area contributed by atoms with Gasteiger partial charge in [-0.15, -0.1) is 0 Å². The van der Waals surface area contributed by atoms with E-state index in [0.29, 0.717) is 12.5 Å². The lowest BCUT2D eigenvalue weighted by atomic mass is 10.1. The van der Waals surface area contributed by atoms with Gasteiger partial charge in [-0.2, -0.15) is 0 Å². The van der Waals surface area contributed by atoms with Crippen molar-refractivity contribution in [3.8, 4) is 0 Å². The predicted octanol–water partition coefficient (Wildman–Crippen LogP) is 0.737. The van der Waals surface area contributed by atoms with Crippen molar-refractivity contribution in [3.05, 3.63) is 6.92 Å². The molecule has 7 heavy (non-hydrogen) atoms. The van der Waals surface area contributed by atoms with Crippen molar-refractivity contribution in [2.75, 3.05) is 6.61 Å². The van der Waals surface area contributed by atoms with Crippen molar-refractivity contribution < 1.29 is 4.84 Å². The molecule has 0 saturated heterocycles. The molecule has 43 valence electrons. The molecular formula is C5H12NO. The van der Waals surface area contributed by atoms with Crippen molar-refractivity contribution >= 4 is 0 Å². The molecule has 0 fully saturated rings. The summed E-state index contributed by atoms with van der Waals surface area (Å²) < 4.78 is 0. The molecule has 0 amide bonds. The second-order valence-corrected chi connectivity index (χ2v) is 1.76. The third-order valence-electron chi connectivity index (χ3n) is 0.729. The lowest BCUT2D eigenvalue weighted by Crippen LogP contribution is -2.03. The fourth-order valence-corrected chi connectivity index (χ4v) is 0.269. The van der Waals surface area contributed by atoms with Gasteiger partial charge in [-0.25, -0.2) is 5.90 Å². The van der Waals surface area contributed by atoms with Gasteiger partial charge in [0.25, 0.3) is 0 Å². The Bertz CT molecular complexity index is 37.1. The second kappa shape index (κ2) is 4.09. The van der Waals surface area contributed by atoms with Crippen LogP contribution in [0.3, 0.4) is 0 Å². The third-order valence-corrected chi connectivity index (χ3v) is 0.729. The SMILES string of the molecule is [CH2]C(C)CCON. The van der Waals surface area contributed by atoms with Crippen molar-refractivity contribution in [2.45, 2.75) is 13.3 Å². The molecular weight excluding hydrogens is 90.1 g/mol. The average Bonchev–Trinajstić information content (AvgIpc) is 1.61. The normalized spacial score (nSPS) is 10.3. The summed E-state index contributed by atoms with van der Waals surface area (Å²) in [6.07, 6.45) is 0.941. The highest BCUT2D eigenvalue weighted by atomic mass is 16.6. The van der Waals surface area contributed by atoms with Crippen LogP contribution in [-0.2, 0) is 4.84 Å². The Morgan fingerprint density at radius 2 is 2.43 bits per heavy atom. The molecule has 0 aromatic heterocycles. The minimum Gasteiger partial charge on any atom is -0.305 e. The van der Waals surface area contributed by atoms with E-state index in [1.54, 1.807) is 0 Å². The molecule has 2 N–H and O–H groups in total. The Balaban J connectivity index is 2.68. The van der Waals surface area contributed by atoms with Crippen LogP contribution in [0.1, 0.15) is 13.3 Å². The van der Waals surface area contributed by atoms with Crippen molar-refractivity contribution in [3.63, 3.8) is 0 Å². The Kier molecular flexibility index (Phi) is 4.04. The van der Waals surface area contributed by atoms with Gasteiger partial charge in [0.1, 0.15) is 0 Å². The fraction of sp³-hybridized carbons (Fsp3) is 0.800. The zero-order chi connectivity index (χ0) is 5.70. The molecule has 0 spiro atoms. The lowest BCUT2D eigenvalue weighted by Gasteiger charge is -1.99. The van der Waals surface area contributed by atoms with Gasteiger partial charge in [0.2, 0.25) is 0 Å². The maximum atomic E-state index is 4.75. The molecule has 2 heteroatoms. The topological polar surface area (TPSA) is 35.2 Å². The highest BCUT2D eigenvalue weighted by Gasteiger charge is 1.89. The highest BCUT2D eigenvalue weighted by molar-refractivity contribution is 4.50. The van der Waals surface area contributed by atoms with Crippen LogP contribution >= 0.6 is 0 Å². The molecule has 1 unspecified atom stereocenters. The smallest absolute Gasteiger partial charge is 0.0681 e. The van der Waals surface area contributed by atoms with E-state index in [2.05, 4.69) is 11.8 Å². The van der Waals surface area contributed by atoms with Crippen LogP contribution in [0.4, 0.5) is 0 Å². The van der Waals surface area contributed by atoms with Crippen LogP contribution < -0.4 is 5.90 Å².